The van der Waals surface area contributed by atoms with Crippen LogP contribution in [0.5, 0.6) is 0 Å². The van der Waals surface area contributed by atoms with Crippen molar-refractivity contribution in [2.45, 2.75) is 13.3 Å². The number of hydrogen-bond acceptors (Lipinski definition) is 5. The molecule has 0 radical (unpaired) electrons. The lowest BCUT2D eigenvalue weighted by Crippen LogP contribution is -2.45. The second kappa shape index (κ2) is 7.89. The van der Waals surface area contributed by atoms with Crippen molar-refractivity contribution in [3.8, 4) is 0 Å². The van der Waals surface area contributed by atoms with E-state index in [0.29, 0.717) is 5.56 Å². The van der Waals surface area contributed by atoms with Crippen molar-refractivity contribution in [1.29, 1.82) is 0 Å². The van der Waals surface area contributed by atoms with Gasteiger partial charge < -0.3 is 14.7 Å². The molecule has 0 bridgehead atoms. The van der Waals surface area contributed by atoms with Gasteiger partial charge in [-0.05, 0) is 50.7 Å². The summed E-state index contributed by atoms with van der Waals surface area (Å²) in [5.41, 5.74) is 3.75. The summed E-state index contributed by atoms with van der Waals surface area (Å²) in [4.78, 5) is 25.2. The van der Waals surface area contributed by atoms with E-state index in [1.165, 1.54) is 5.57 Å². The summed E-state index contributed by atoms with van der Waals surface area (Å²) in [5, 5.41) is 0. The van der Waals surface area contributed by atoms with Gasteiger partial charge in [0.15, 0.2) is 0 Å². The smallest absolute Gasteiger partial charge is 0.267 e. The maximum absolute atomic E-state index is 13.3. The Labute approximate surface area is 166 Å². The molecule has 1 saturated heterocycles. The van der Waals surface area contributed by atoms with Crippen LogP contribution in [-0.2, 0) is 0 Å². The molecule has 1 fully saturated rings. The predicted octanol–water partition coefficient (Wildman–Crippen LogP) is 2.03. The van der Waals surface area contributed by atoms with Crippen molar-refractivity contribution in [3.05, 3.63) is 57.5 Å². The van der Waals surface area contributed by atoms with E-state index in [1.807, 2.05) is 31.3 Å². The number of aromatic nitrogens is 2. The lowest BCUT2D eigenvalue weighted by Gasteiger charge is -2.34. The number of likely N-dealkylation sites (N-methyl/N-ethyl adjacent to an activating group) is 2. The fraction of sp³-hybridized carbons (Fsp3) is 0.455. The number of nitrogens with zero attached hydrogens (tertiary/aromatic N) is 5. The molecule has 2 aliphatic heterocycles. The number of anilines is 1. The average Bonchev–Trinajstić information content (AvgIpc) is 2.70. The van der Waals surface area contributed by atoms with E-state index in [-0.39, 0.29) is 5.56 Å². The van der Waals surface area contributed by atoms with Crippen molar-refractivity contribution in [3.63, 3.8) is 0 Å². The highest BCUT2D eigenvalue weighted by atomic mass is 16.1. The molecule has 4 rings (SSSR count). The molecule has 2 aliphatic rings. The van der Waals surface area contributed by atoms with Crippen LogP contribution in [0.3, 0.4) is 0 Å². The molecule has 6 heteroatoms. The van der Waals surface area contributed by atoms with Gasteiger partial charge in [0.2, 0.25) is 0 Å². The van der Waals surface area contributed by atoms with Crippen LogP contribution in [0.1, 0.15) is 17.5 Å². The molecular weight excluding hydrogens is 350 g/mol. The van der Waals surface area contributed by atoms with Gasteiger partial charge in [-0.15, -0.1) is 0 Å². The van der Waals surface area contributed by atoms with E-state index in [4.69, 9.17) is 4.98 Å². The van der Waals surface area contributed by atoms with Crippen LogP contribution in [0.25, 0.3) is 11.7 Å². The Morgan fingerprint density at radius 3 is 2.54 bits per heavy atom. The van der Waals surface area contributed by atoms with Crippen LogP contribution in [0, 0.1) is 6.92 Å². The number of aryl methyl sites for hydroxylation is 1. The highest BCUT2D eigenvalue weighted by Crippen LogP contribution is 2.22. The minimum absolute atomic E-state index is 0.00686. The van der Waals surface area contributed by atoms with E-state index in [0.717, 1.165) is 62.7 Å². The van der Waals surface area contributed by atoms with Gasteiger partial charge in [0.1, 0.15) is 11.5 Å². The molecule has 148 valence electrons. The van der Waals surface area contributed by atoms with Gasteiger partial charge in [0.25, 0.3) is 5.56 Å². The van der Waals surface area contributed by atoms with E-state index in [2.05, 4.69) is 40.9 Å². The third-order valence-corrected chi connectivity index (χ3v) is 5.78. The van der Waals surface area contributed by atoms with Crippen LogP contribution in [0.15, 0.2) is 40.8 Å². The second-order valence-corrected chi connectivity index (χ2v) is 7.95. The normalized spacial score (nSPS) is 19.5. The fourth-order valence-electron chi connectivity index (χ4n) is 3.83. The van der Waals surface area contributed by atoms with E-state index in [1.54, 1.807) is 4.40 Å². The molecule has 0 atom stereocenters. The van der Waals surface area contributed by atoms with E-state index in [9.17, 15) is 4.79 Å². The Balaban J connectivity index is 1.79. The Morgan fingerprint density at radius 1 is 1.04 bits per heavy atom. The molecule has 2 aromatic rings. The fourth-order valence-corrected chi connectivity index (χ4v) is 3.83. The zero-order valence-corrected chi connectivity index (χ0v) is 17.1. The highest BCUT2D eigenvalue weighted by molar-refractivity contribution is 5.68. The molecule has 0 amide bonds. The molecule has 0 spiro atoms. The Morgan fingerprint density at radius 2 is 1.82 bits per heavy atom. The van der Waals surface area contributed by atoms with Crippen molar-refractivity contribution < 1.29 is 0 Å². The number of rotatable bonds is 3. The quantitative estimate of drug-likeness (QED) is 0.817. The predicted molar refractivity (Wildman–Crippen MR) is 115 cm³/mol. The summed E-state index contributed by atoms with van der Waals surface area (Å²) in [6.07, 6.45) is 9.16. The van der Waals surface area contributed by atoms with Gasteiger partial charge in [-0.1, -0.05) is 18.2 Å². The zero-order valence-electron chi connectivity index (χ0n) is 17.1. The molecule has 28 heavy (non-hydrogen) atoms. The van der Waals surface area contributed by atoms with Crippen LogP contribution >= 0.6 is 0 Å². The standard InChI is InChI=1S/C22H29N5O/c1-17-5-4-10-27-20(17)23-21(26-15-13-25(3)14-16-26)19(22(27)28)7-6-18-8-11-24(2)12-9-18/h4-8,10H,9,11-16H2,1-3H3/b7-6+. The summed E-state index contributed by atoms with van der Waals surface area (Å²) in [6, 6.07) is 3.92. The summed E-state index contributed by atoms with van der Waals surface area (Å²) < 4.78 is 1.68. The molecule has 4 heterocycles. The second-order valence-electron chi connectivity index (χ2n) is 7.95. The number of piperazine rings is 1. The van der Waals surface area contributed by atoms with Crippen LogP contribution < -0.4 is 10.5 Å². The van der Waals surface area contributed by atoms with Crippen LogP contribution in [0.4, 0.5) is 5.82 Å². The van der Waals surface area contributed by atoms with Gasteiger partial charge in [-0.25, -0.2) is 4.98 Å². The summed E-state index contributed by atoms with van der Waals surface area (Å²) in [7, 11) is 4.27. The lowest BCUT2D eigenvalue weighted by molar-refractivity contribution is 0.312. The van der Waals surface area contributed by atoms with Gasteiger partial charge in [-0.3, -0.25) is 9.20 Å². The number of hydrogen-bond donors (Lipinski definition) is 0. The molecule has 0 saturated carbocycles. The van der Waals surface area contributed by atoms with Gasteiger partial charge in [-0.2, -0.15) is 0 Å². The molecule has 0 N–H and O–H groups in total. The molecule has 0 aliphatic carbocycles. The topological polar surface area (TPSA) is 44.1 Å². The first-order chi connectivity index (χ1) is 13.5. The number of fused-ring (bicyclic) bond motifs is 1. The first kappa shape index (κ1) is 18.9. The SMILES string of the molecule is Cc1cccn2c(=O)c(/C=C/C3=CCN(C)CC3)c(N3CCN(C)CC3)nc12. The molecule has 0 unspecified atom stereocenters. The third-order valence-electron chi connectivity index (χ3n) is 5.78. The van der Waals surface area contributed by atoms with Gasteiger partial charge in [0, 0.05) is 45.5 Å². The van der Waals surface area contributed by atoms with Crippen LogP contribution in [-0.4, -0.2) is 72.5 Å². The first-order valence-electron chi connectivity index (χ1n) is 10.0. The van der Waals surface area contributed by atoms with Crippen molar-refractivity contribution in [1.82, 2.24) is 19.2 Å². The van der Waals surface area contributed by atoms with Gasteiger partial charge >= 0.3 is 0 Å². The molecule has 6 nitrogen and oxygen atoms in total. The largest absolute Gasteiger partial charge is 0.353 e. The van der Waals surface area contributed by atoms with Crippen molar-refractivity contribution >= 4 is 17.5 Å². The summed E-state index contributed by atoms with van der Waals surface area (Å²) in [6.45, 7) is 7.76. The first-order valence-corrected chi connectivity index (χ1v) is 10.0. The van der Waals surface area contributed by atoms with Crippen molar-refractivity contribution in [2.75, 3.05) is 58.3 Å². The lowest BCUT2D eigenvalue weighted by atomic mass is 10.1. The van der Waals surface area contributed by atoms with Crippen LogP contribution in [0.2, 0.25) is 0 Å². The summed E-state index contributed by atoms with van der Waals surface area (Å²) in [5.74, 6) is 0.817. The maximum Gasteiger partial charge on any atom is 0.267 e. The Kier molecular flexibility index (Phi) is 5.33. The summed E-state index contributed by atoms with van der Waals surface area (Å²) >= 11 is 0. The third kappa shape index (κ3) is 3.75. The monoisotopic (exact) mass is 379 g/mol. The minimum Gasteiger partial charge on any atom is -0.353 e. The van der Waals surface area contributed by atoms with Gasteiger partial charge in [0.05, 0.1) is 5.56 Å². The van der Waals surface area contributed by atoms with E-state index >= 15 is 0 Å². The molecule has 2 aromatic heterocycles. The van der Waals surface area contributed by atoms with E-state index < -0.39 is 0 Å². The number of pyridine rings is 1. The average molecular weight is 380 g/mol. The number of allylic oxidation sites excluding steroid dienone is 1. The Hall–Kier alpha value is -2.44. The minimum atomic E-state index is 0.00686. The zero-order chi connectivity index (χ0) is 19.7. The highest BCUT2D eigenvalue weighted by Gasteiger charge is 2.21. The molecular formula is C22H29N5O. The molecule has 0 aromatic carbocycles. The van der Waals surface area contributed by atoms with Crippen molar-refractivity contribution in [2.24, 2.45) is 0 Å². The maximum atomic E-state index is 13.3. The Bertz CT molecular complexity index is 982.